The van der Waals surface area contributed by atoms with Gasteiger partial charge in [0.05, 0.1) is 6.54 Å². The van der Waals surface area contributed by atoms with Crippen LogP contribution in [0.4, 0.5) is 14.5 Å². The average molecular weight is 448 g/mol. The summed E-state index contributed by atoms with van der Waals surface area (Å²) < 4.78 is 29.5. The molecule has 4 rings (SSSR count). The molecule has 0 aliphatic heterocycles. The highest BCUT2D eigenvalue weighted by Crippen LogP contribution is 2.12. The van der Waals surface area contributed by atoms with Crippen LogP contribution in [0.5, 0.6) is 0 Å². The lowest BCUT2D eigenvalue weighted by Gasteiger charge is -2.13. The summed E-state index contributed by atoms with van der Waals surface area (Å²) >= 11 is 0. The van der Waals surface area contributed by atoms with Crippen LogP contribution >= 0.6 is 0 Å². The van der Waals surface area contributed by atoms with Crippen molar-refractivity contribution in [3.05, 3.63) is 122 Å². The second-order valence-corrected chi connectivity index (χ2v) is 7.28. The fourth-order valence-electron chi connectivity index (χ4n) is 3.29. The van der Waals surface area contributed by atoms with Gasteiger partial charge in [-0.2, -0.15) is 9.78 Å². The highest BCUT2D eigenvalue weighted by atomic mass is 19.1. The topological polar surface area (TPSA) is 86.0 Å². The molecule has 0 atom stereocenters. The Hall–Kier alpha value is -4.40. The number of anilines is 1. The minimum Gasteiger partial charge on any atom is -0.320 e. The molecule has 33 heavy (non-hydrogen) atoms. The van der Waals surface area contributed by atoms with E-state index in [4.69, 9.17) is 0 Å². The Morgan fingerprint density at radius 2 is 1.70 bits per heavy atom. The van der Waals surface area contributed by atoms with Crippen LogP contribution in [-0.2, 0) is 6.54 Å². The van der Waals surface area contributed by atoms with Gasteiger partial charge in [0.2, 0.25) is 5.69 Å². The van der Waals surface area contributed by atoms with E-state index in [0.29, 0.717) is 10.2 Å². The van der Waals surface area contributed by atoms with Gasteiger partial charge in [0.25, 0.3) is 11.5 Å². The van der Waals surface area contributed by atoms with Gasteiger partial charge < -0.3 is 5.32 Å². The van der Waals surface area contributed by atoms with Gasteiger partial charge in [0.1, 0.15) is 17.3 Å². The summed E-state index contributed by atoms with van der Waals surface area (Å²) in [5.41, 5.74) is -1.14. The lowest BCUT2D eigenvalue weighted by Crippen LogP contribution is -2.45. The molecule has 0 radical (unpaired) electrons. The number of rotatable bonds is 5. The summed E-state index contributed by atoms with van der Waals surface area (Å²) in [5, 5.41) is 6.26. The number of benzene rings is 3. The molecule has 0 aliphatic rings. The van der Waals surface area contributed by atoms with Crippen LogP contribution in [-0.4, -0.2) is 20.3 Å². The molecule has 1 amide bonds. The minimum absolute atomic E-state index is 0.0929. The van der Waals surface area contributed by atoms with Gasteiger partial charge >= 0.3 is 5.69 Å². The minimum atomic E-state index is -0.964. The number of hydrogen-bond donors (Lipinski definition) is 1. The molecule has 1 N–H and O–H groups in total. The molecule has 1 heterocycles. The molecule has 9 heteroatoms. The summed E-state index contributed by atoms with van der Waals surface area (Å²) in [7, 11) is 0. The van der Waals surface area contributed by atoms with E-state index in [1.807, 2.05) is 19.1 Å². The Morgan fingerprint density at radius 3 is 2.42 bits per heavy atom. The predicted molar refractivity (Wildman–Crippen MR) is 119 cm³/mol. The number of halogens is 2. The van der Waals surface area contributed by atoms with Gasteiger partial charge in [-0.1, -0.05) is 42.5 Å². The maximum absolute atomic E-state index is 14.5. The average Bonchev–Trinajstić information content (AvgIpc) is 2.78. The van der Waals surface area contributed by atoms with E-state index in [2.05, 4.69) is 10.4 Å². The molecule has 3 aromatic carbocycles. The van der Waals surface area contributed by atoms with Crippen molar-refractivity contribution in [2.24, 2.45) is 0 Å². The first kappa shape index (κ1) is 21.8. The van der Waals surface area contributed by atoms with E-state index in [1.54, 1.807) is 12.1 Å². The highest BCUT2D eigenvalue weighted by molar-refractivity contribution is 6.02. The van der Waals surface area contributed by atoms with E-state index in [0.717, 1.165) is 22.3 Å². The standard InChI is InChI=1S/C24H18F2N4O3/c1-15-7-2-3-8-16(15)14-29-23(32)21(22(31)27-18-10-6-9-17(25)13-18)28-30(24(29)33)20-12-5-4-11-19(20)26/h2-13H,14H2,1H3,(H,27,31). The van der Waals surface area contributed by atoms with Gasteiger partial charge in [-0.15, -0.1) is 0 Å². The number of nitrogens with one attached hydrogen (secondary N) is 1. The van der Waals surface area contributed by atoms with E-state index in [9.17, 15) is 23.2 Å². The third-order valence-corrected chi connectivity index (χ3v) is 5.03. The molecule has 7 nitrogen and oxygen atoms in total. The van der Waals surface area contributed by atoms with Crippen molar-refractivity contribution in [1.82, 2.24) is 14.3 Å². The lowest BCUT2D eigenvalue weighted by atomic mass is 10.1. The normalized spacial score (nSPS) is 10.8. The molecule has 0 unspecified atom stereocenters. The SMILES string of the molecule is Cc1ccccc1Cn1c(=O)c(C(=O)Nc2cccc(F)c2)nn(-c2ccccc2F)c1=O. The fourth-order valence-corrected chi connectivity index (χ4v) is 3.29. The number of hydrogen-bond acceptors (Lipinski definition) is 4. The Labute approximate surface area is 186 Å². The molecule has 0 aliphatic carbocycles. The number of carbonyl (C=O) groups excluding carboxylic acids is 1. The molecule has 0 saturated carbocycles. The summed E-state index contributed by atoms with van der Waals surface area (Å²) in [4.78, 5) is 39.2. The Kier molecular flexibility index (Phi) is 5.95. The molecule has 1 aromatic heterocycles. The predicted octanol–water partition coefficient (Wildman–Crippen LogP) is 3.28. The van der Waals surface area contributed by atoms with Crippen molar-refractivity contribution in [1.29, 1.82) is 0 Å². The highest BCUT2D eigenvalue weighted by Gasteiger charge is 2.22. The van der Waals surface area contributed by atoms with E-state index in [-0.39, 0.29) is 17.9 Å². The van der Waals surface area contributed by atoms with Crippen LogP contribution in [0.1, 0.15) is 21.6 Å². The first-order chi connectivity index (χ1) is 15.8. The number of aromatic nitrogens is 3. The zero-order valence-electron chi connectivity index (χ0n) is 17.5. The Morgan fingerprint density at radius 1 is 0.970 bits per heavy atom. The fraction of sp³-hybridized carbons (Fsp3) is 0.0833. The number of carbonyl (C=O) groups is 1. The monoisotopic (exact) mass is 448 g/mol. The summed E-state index contributed by atoms with van der Waals surface area (Å²) in [6.45, 7) is 1.66. The Bertz CT molecular complexity index is 1480. The van der Waals surface area contributed by atoms with E-state index >= 15 is 0 Å². The third-order valence-electron chi connectivity index (χ3n) is 5.03. The van der Waals surface area contributed by atoms with Crippen molar-refractivity contribution in [2.45, 2.75) is 13.5 Å². The molecular weight excluding hydrogens is 430 g/mol. The van der Waals surface area contributed by atoms with Crippen LogP contribution in [0.2, 0.25) is 0 Å². The second-order valence-electron chi connectivity index (χ2n) is 7.28. The van der Waals surface area contributed by atoms with Gasteiger partial charge in [0, 0.05) is 5.69 Å². The van der Waals surface area contributed by atoms with Gasteiger partial charge in [-0.05, 0) is 48.4 Å². The summed E-state index contributed by atoms with van der Waals surface area (Å²) in [5.74, 6) is -2.31. The summed E-state index contributed by atoms with van der Waals surface area (Å²) in [6.07, 6.45) is 0. The maximum atomic E-state index is 14.5. The van der Waals surface area contributed by atoms with Crippen molar-refractivity contribution >= 4 is 11.6 Å². The lowest BCUT2D eigenvalue weighted by molar-refractivity contribution is 0.101. The number of para-hydroxylation sites is 1. The quantitative estimate of drug-likeness (QED) is 0.508. The largest absolute Gasteiger partial charge is 0.352 e. The van der Waals surface area contributed by atoms with Crippen molar-refractivity contribution in [2.75, 3.05) is 5.32 Å². The molecule has 0 bridgehead atoms. The van der Waals surface area contributed by atoms with Gasteiger partial charge in [-0.3, -0.25) is 14.2 Å². The van der Waals surface area contributed by atoms with E-state index < -0.39 is 34.5 Å². The van der Waals surface area contributed by atoms with Crippen LogP contribution in [0.3, 0.4) is 0 Å². The van der Waals surface area contributed by atoms with E-state index in [1.165, 1.54) is 36.4 Å². The van der Waals surface area contributed by atoms with Crippen molar-refractivity contribution in [3.63, 3.8) is 0 Å². The molecule has 0 fully saturated rings. The number of amides is 1. The molecule has 166 valence electrons. The second kappa shape index (κ2) is 8.99. The molecular formula is C24H18F2N4O3. The van der Waals surface area contributed by atoms with Crippen molar-refractivity contribution < 1.29 is 13.6 Å². The zero-order valence-corrected chi connectivity index (χ0v) is 17.5. The molecule has 4 aromatic rings. The first-order valence-electron chi connectivity index (χ1n) is 9.95. The van der Waals surface area contributed by atoms with Crippen LogP contribution in [0.15, 0.2) is 82.4 Å². The maximum Gasteiger partial charge on any atom is 0.352 e. The van der Waals surface area contributed by atoms with Crippen molar-refractivity contribution in [3.8, 4) is 5.69 Å². The first-order valence-corrected chi connectivity index (χ1v) is 9.95. The Balaban J connectivity index is 1.89. The number of aryl methyl sites for hydroxylation is 1. The third kappa shape index (κ3) is 4.47. The number of nitrogens with zero attached hydrogens (tertiary/aromatic N) is 3. The molecule has 0 spiro atoms. The summed E-state index contributed by atoms with van der Waals surface area (Å²) in [6, 6.07) is 17.6. The van der Waals surface area contributed by atoms with Gasteiger partial charge in [-0.25, -0.2) is 13.6 Å². The smallest absolute Gasteiger partial charge is 0.320 e. The van der Waals surface area contributed by atoms with Crippen LogP contribution in [0.25, 0.3) is 5.69 Å². The zero-order chi connectivity index (χ0) is 23.5. The molecule has 0 saturated heterocycles. The van der Waals surface area contributed by atoms with Gasteiger partial charge in [0.15, 0.2) is 0 Å². The van der Waals surface area contributed by atoms with Crippen LogP contribution in [0, 0.1) is 18.6 Å². The van der Waals surface area contributed by atoms with Crippen LogP contribution < -0.4 is 16.6 Å².